The zero-order valence-electron chi connectivity index (χ0n) is 10.5. The molecule has 8 heteroatoms. The Morgan fingerprint density at radius 2 is 1.86 bits per heavy atom. The number of nitrogens with two attached hydrogens (primary N) is 1. The predicted octanol–water partition coefficient (Wildman–Crippen LogP) is 2.95. The van der Waals surface area contributed by atoms with E-state index in [1.54, 1.807) is 12.1 Å². The van der Waals surface area contributed by atoms with E-state index in [1.807, 2.05) is 12.1 Å². The Labute approximate surface area is 144 Å². The van der Waals surface area contributed by atoms with E-state index in [2.05, 4.69) is 43.8 Å². The van der Waals surface area contributed by atoms with Crippen LogP contribution in [0.25, 0.3) is 0 Å². The van der Waals surface area contributed by atoms with E-state index in [4.69, 9.17) is 5.14 Å². The molecule has 0 aromatic heterocycles. The van der Waals surface area contributed by atoms with Crippen LogP contribution in [0.15, 0.2) is 51.8 Å². The van der Waals surface area contributed by atoms with Crippen LogP contribution >= 0.6 is 38.5 Å². The van der Waals surface area contributed by atoms with Crippen LogP contribution in [-0.2, 0) is 10.0 Å². The molecule has 0 aliphatic rings. The highest BCUT2D eigenvalue weighted by Gasteiger charge is 2.14. The Kier molecular flexibility index (Phi) is 5.02. The highest BCUT2D eigenvalue weighted by molar-refractivity contribution is 14.1. The monoisotopic (exact) mass is 480 g/mol. The first-order valence-corrected chi connectivity index (χ1v) is 9.09. The first-order valence-electron chi connectivity index (χ1n) is 5.67. The summed E-state index contributed by atoms with van der Waals surface area (Å²) >= 11 is 5.30. The molecule has 0 saturated heterocycles. The summed E-state index contributed by atoms with van der Waals surface area (Å²) in [4.78, 5) is 12.2. The van der Waals surface area contributed by atoms with Gasteiger partial charge in [0.15, 0.2) is 0 Å². The van der Waals surface area contributed by atoms with Crippen molar-refractivity contribution in [3.8, 4) is 0 Å². The molecule has 0 bridgehead atoms. The third kappa shape index (κ3) is 4.02. The number of sulfonamides is 1. The lowest BCUT2D eigenvalue weighted by Gasteiger charge is -2.09. The minimum atomic E-state index is -3.77. The molecular weight excluding hydrogens is 471 g/mol. The van der Waals surface area contributed by atoms with Gasteiger partial charge in [-0.15, -0.1) is 0 Å². The number of amides is 1. The van der Waals surface area contributed by atoms with Crippen LogP contribution in [0.2, 0.25) is 0 Å². The summed E-state index contributed by atoms with van der Waals surface area (Å²) in [6.45, 7) is 0. The van der Waals surface area contributed by atoms with Gasteiger partial charge < -0.3 is 5.32 Å². The van der Waals surface area contributed by atoms with Gasteiger partial charge in [-0.2, -0.15) is 0 Å². The van der Waals surface area contributed by atoms with Crippen molar-refractivity contribution in [2.45, 2.75) is 4.90 Å². The third-order valence-corrected chi connectivity index (χ3v) is 5.14. The van der Waals surface area contributed by atoms with Crippen molar-refractivity contribution in [2.24, 2.45) is 5.14 Å². The molecule has 21 heavy (non-hydrogen) atoms. The number of nitrogens with one attached hydrogen (secondary N) is 1. The number of hydrogen-bond donors (Lipinski definition) is 2. The van der Waals surface area contributed by atoms with Crippen molar-refractivity contribution < 1.29 is 13.2 Å². The second kappa shape index (κ2) is 6.42. The molecule has 0 unspecified atom stereocenters. The Balaban J connectivity index is 2.29. The lowest BCUT2D eigenvalue weighted by Crippen LogP contribution is -2.15. The lowest BCUT2D eigenvalue weighted by molar-refractivity contribution is 0.102. The van der Waals surface area contributed by atoms with Gasteiger partial charge in [-0.05, 0) is 68.9 Å². The van der Waals surface area contributed by atoms with Crippen LogP contribution in [0.3, 0.4) is 0 Å². The normalized spacial score (nSPS) is 11.2. The number of primary sulfonamides is 1. The van der Waals surface area contributed by atoms with E-state index in [1.165, 1.54) is 18.2 Å². The maximum Gasteiger partial charge on any atom is 0.256 e. The third-order valence-electron chi connectivity index (χ3n) is 2.64. The van der Waals surface area contributed by atoms with Crippen LogP contribution in [-0.4, -0.2) is 14.3 Å². The SMILES string of the molecule is NS(=O)(=O)c1ccc(NC(=O)c2ccccc2I)c(Br)c1. The fourth-order valence-electron chi connectivity index (χ4n) is 1.61. The van der Waals surface area contributed by atoms with E-state index in [0.29, 0.717) is 15.7 Å². The summed E-state index contributed by atoms with van der Waals surface area (Å²) < 4.78 is 23.8. The maximum atomic E-state index is 12.2. The first-order chi connectivity index (χ1) is 9.79. The molecule has 0 spiro atoms. The molecule has 110 valence electrons. The van der Waals surface area contributed by atoms with E-state index < -0.39 is 10.0 Å². The molecule has 0 aliphatic carbocycles. The van der Waals surface area contributed by atoms with E-state index in [0.717, 1.165) is 3.57 Å². The average Bonchev–Trinajstić information content (AvgIpc) is 2.40. The van der Waals surface area contributed by atoms with Crippen molar-refractivity contribution in [1.29, 1.82) is 0 Å². The van der Waals surface area contributed by atoms with Crippen LogP contribution in [0.5, 0.6) is 0 Å². The molecule has 2 rings (SSSR count). The molecule has 2 aromatic rings. The van der Waals surface area contributed by atoms with Gasteiger partial charge in [-0.3, -0.25) is 4.79 Å². The summed E-state index contributed by atoms with van der Waals surface area (Å²) in [5, 5.41) is 7.77. The van der Waals surface area contributed by atoms with Crippen LogP contribution in [0.4, 0.5) is 5.69 Å². The molecular formula is C13H10BrIN2O3S. The van der Waals surface area contributed by atoms with Crippen molar-refractivity contribution in [1.82, 2.24) is 0 Å². The predicted molar refractivity (Wildman–Crippen MR) is 92.6 cm³/mol. The molecule has 5 nitrogen and oxygen atoms in total. The van der Waals surface area contributed by atoms with Gasteiger partial charge in [0.05, 0.1) is 16.1 Å². The van der Waals surface area contributed by atoms with Gasteiger partial charge in [0.1, 0.15) is 0 Å². The molecule has 3 N–H and O–H groups in total. The first kappa shape index (κ1) is 16.4. The standard InChI is InChI=1S/C13H10BrIN2O3S/c14-10-7-8(21(16,19)20)5-6-12(10)17-13(18)9-3-1-2-4-11(9)15/h1-7H,(H,17,18)(H2,16,19,20). The van der Waals surface area contributed by atoms with Crippen LogP contribution < -0.4 is 10.5 Å². The maximum absolute atomic E-state index is 12.2. The highest BCUT2D eigenvalue weighted by atomic mass is 127. The zero-order valence-corrected chi connectivity index (χ0v) is 15.1. The average molecular weight is 481 g/mol. The number of carbonyl (C=O) groups excluding carboxylic acids is 1. The molecule has 0 heterocycles. The summed E-state index contributed by atoms with van der Waals surface area (Å²) in [5.74, 6) is -0.274. The Morgan fingerprint density at radius 1 is 1.19 bits per heavy atom. The quantitative estimate of drug-likeness (QED) is 0.662. The molecule has 0 atom stereocenters. The van der Waals surface area contributed by atoms with Crippen molar-refractivity contribution in [3.63, 3.8) is 0 Å². The number of hydrogen-bond acceptors (Lipinski definition) is 3. The molecule has 0 aliphatic heterocycles. The number of rotatable bonds is 3. The zero-order chi connectivity index (χ0) is 15.6. The fraction of sp³-hybridized carbons (Fsp3) is 0. The lowest BCUT2D eigenvalue weighted by atomic mass is 10.2. The molecule has 0 radical (unpaired) electrons. The van der Waals surface area contributed by atoms with E-state index >= 15 is 0 Å². The Morgan fingerprint density at radius 3 is 2.43 bits per heavy atom. The van der Waals surface area contributed by atoms with Gasteiger partial charge in [0.2, 0.25) is 10.0 Å². The summed E-state index contributed by atoms with van der Waals surface area (Å²) in [6, 6.07) is 11.3. The topological polar surface area (TPSA) is 89.3 Å². The Hall–Kier alpha value is -0.970. The largest absolute Gasteiger partial charge is 0.321 e. The van der Waals surface area contributed by atoms with Gasteiger partial charge in [-0.1, -0.05) is 12.1 Å². The highest BCUT2D eigenvalue weighted by Crippen LogP contribution is 2.26. The molecule has 2 aromatic carbocycles. The molecule has 0 saturated carbocycles. The van der Waals surface area contributed by atoms with E-state index in [-0.39, 0.29) is 10.8 Å². The van der Waals surface area contributed by atoms with Crippen molar-refractivity contribution in [2.75, 3.05) is 5.32 Å². The van der Waals surface area contributed by atoms with Crippen molar-refractivity contribution >= 4 is 60.1 Å². The second-order valence-corrected chi connectivity index (χ2v) is 7.70. The second-order valence-electron chi connectivity index (χ2n) is 4.12. The fourth-order valence-corrected chi connectivity index (χ4v) is 3.41. The number of carbonyl (C=O) groups is 1. The smallest absolute Gasteiger partial charge is 0.256 e. The number of halogens is 2. The minimum Gasteiger partial charge on any atom is -0.321 e. The minimum absolute atomic E-state index is 0.0262. The summed E-state index contributed by atoms with van der Waals surface area (Å²) in [5.41, 5.74) is 1.01. The van der Waals surface area contributed by atoms with Gasteiger partial charge in [-0.25, -0.2) is 13.6 Å². The number of benzene rings is 2. The van der Waals surface area contributed by atoms with Gasteiger partial charge >= 0.3 is 0 Å². The number of anilines is 1. The van der Waals surface area contributed by atoms with Crippen LogP contribution in [0, 0.1) is 3.57 Å². The van der Waals surface area contributed by atoms with Gasteiger partial charge in [0, 0.05) is 8.04 Å². The van der Waals surface area contributed by atoms with Crippen molar-refractivity contribution in [3.05, 3.63) is 56.1 Å². The summed E-state index contributed by atoms with van der Waals surface area (Å²) in [6.07, 6.45) is 0. The summed E-state index contributed by atoms with van der Waals surface area (Å²) in [7, 11) is -3.77. The van der Waals surface area contributed by atoms with E-state index in [9.17, 15) is 13.2 Å². The van der Waals surface area contributed by atoms with Gasteiger partial charge in [0.25, 0.3) is 5.91 Å². The molecule has 1 amide bonds. The van der Waals surface area contributed by atoms with Crippen LogP contribution in [0.1, 0.15) is 10.4 Å². The molecule has 0 fully saturated rings. The Bertz CT molecular complexity index is 809.